The molecule has 1 N–H and O–H groups in total. The Morgan fingerprint density at radius 2 is 1.89 bits per heavy atom. The van der Waals surface area contributed by atoms with Crippen LogP contribution in [0.4, 0.5) is 5.13 Å². The first-order valence-electron chi connectivity index (χ1n) is 10.9. The Hall–Kier alpha value is -3.69. The van der Waals surface area contributed by atoms with E-state index in [4.69, 9.17) is 4.42 Å². The van der Waals surface area contributed by atoms with Crippen LogP contribution >= 0.6 is 23.1 Å². The molecule has 2 aromatic heterocycles. The minimum atomic E-state index is -0.954. The van der Waals surface area contributed by atoms with Crippen molar-refractivity contribution in [2.75, 3.05) is 4.90 Å². The van der Waals surface area contributed by atoms with Crippen molar-refractivity contribution in [1.82, 2.24) is 10.2 Å². The molecule has 5 rings (SSSR count). The molecule has 9 heteroatoms. The summed E-state index contributed by atoms with van der Waals surface area (Å²) in [5.74, 6) is -0.767. The molecule has 0 saturated carbocycles. The average Bonchev–Trinajstić information content (AvgIpc) is 3.60. The van der Waals surface area contributed by atoms with Gasteiger partial charge in [0.15, 0.2) is 4.34 Å². The smallest absolute Gasteiger partial charge is 0.302 e. The Morgan fingerprint density at radius 1 is 1.09 bits per heavy atom. The molecular formula is C26H21N3O4S2. The van der Waals surface area contributed by atoms with Crippen molar-refractivity contribution >= 4 is 45.7 Å². The van der Waals surface area contributed by atoms with Crippen LogP contribution in [0.25, 0.3) is 5.76 Å². The number of nitrogens with zero attached hydrogens (tertiary/aromatic N) is 3. The van der Waals surface area contributed by atoms with E-state index in [1.807, 2.05) is 56.3 Å². The Balaban J connectivity index is 1.54. The molecule has 3 heterocycles. The van der Waals surface area contributed by atoms with Crippen molar-refractivity contribution in [3.8, 4) is 0 Å². The van der Waals surface area contributed by atoms with E-state index in [-0.39, 0.29) is 16.5 Å². The van der Waals surface area contributed by atoms with E-state index in [0.717, 1.165) is 16.7 Å². The number of anilines is 1. The number of benzene rings is 2. The number of aromatic nitrogens is 2. The van der Waals surface area contributed by atoms with Gasteiger partial charge in [0.05, 0.1) is 11.8 Å². The van der Waals surface area contributed by atoms with Crippen LogP contribution in [0.5, 0.6) is 0 Å². The summed E-state index contributed by atoms with van der Waals surface area (Å²) in [6, 6.07) is 17.9. The van der Waals surface area contributed by atoms with Crippen LogP contribution in [0, 0.1) is 13.8 Å². The summed E-state index contributed by atoms with van der Waals surface area (Å²) >= 11 is 2.72. The summed E-state index contributed by atoms with van der Waals surface area (Å²) in [7, 11) is 0. The van der Waals surface area contributed by atoms with Gasteiger partial charge in [-0.15, -0.1) is 10.2 Å². The number of aryl methyl sites for hydroxylation is 2. The van der Waals surface area contributed by atoms with Crippen molar-refractivity contribution in [1.29, 1.82) is 0 Å². The maximum absolute atomic E-state index is 13.2. The predicted molar refractivity (Wildman–Crippen MR) is 135 cm³/mol. The number of thioether (sulfide) groups is 1. The molecule has 1 fully saturated rings. The molecule has 35 heavy (non-hydrogen) atoms. The van der Waals surface area contributed by atoms with Crippen molar-refractivity contribution in [3.63, 3.8) is 0 Å². The molecule has 1 amide bonds. The topological polar surface area (TPSA) is 96.5 Å². The number of carbonyl (C=O) groups excluding carboxylic acids is 2. The second kappa shape index (κ2) is 9.52. The maximum atomic E-state index is 13.2. The third kappa shape index (κ3) is 4.40. The molecule has 176 valence electrons. The minimum Gasteiger partial charge on any atom is -0.507 e. The molecule has 1 aliphatic rings. The van der Waals surface area contributed by atoms with Crippen molar-refractivity contribution in [2.45, 2.75) is 30.0 Å². The van der Waals surface area contributed by atoms with E-state index < -0.39 is 17.7 Å². The van der Waals surface area contributed by atoms with E-state index in [1.165, 1.54) is 34.3 Å². The first-order valence-corrected chi connectivity index (χ1v) is 12.7. The van der Waals surface area contributed by atoms with Gasteiger partial charge in [0.2, 0.25) is 5.13 Å². The number of carbonyl (C=O) groups is 2. The van der Waals surface area contributed by atoms with Crippen LogP contribution in [0.3, 0.4) is 0 Å². The second-order valence-electron chi connectivity index (χ2n) is 8.13. The highest BCUT2D eigenvalue weighted by molar-refractivity contribution is 8.00. The Kier molecular flexibility index (Phi) is 6.27. The lowest BCUT2D eigenvalue weighted by molar-refractivity contribution is -0.132. The fourth-order valence-electron chi connectivity index (χ4n) is 3.96. The fraction of sp³-hybridized carbons (Fsp3) is 0.154. The summed E-state index contributed by atoms with van der Waals surface area (Å²) in [6.45, 7) is 3.74. The summed E-state index contributed by atoms with van der Waals surface area (Å²) < 4.78 is 6.27. The summed E-state index contributed by atoms with van der Waals surface area (Å²) in [6.07, 6.45) is 1.47. The van der Waals surface area contributed by atoms with Gasteiger partial charge < -0.3 is 9.52 Å². The number of rotatable bonds is 6. The van der Waals surface area contributed by atoms with Crippen LogP contribution in [0.15, 0.2) is 81.3 Å². The zero-order chi connectivity index (χ0) is 24.5. The first-order chi connectivity index (χ1) is 16.9. The van der Waals surface area contributed by atoms with E-state index in [2.05, 4.69) is 10.2 Å². The monoisotopic (exact) mass is 503 g/mol. The molecule has 2 aromatic carbocycles. The van der Waals surface area contributed by atoms with Crippen LogP contribution in [0.1, 0.15) is 34.1 Å². The normalized spacial score (nSPS) is 17.3. The summed E-state index contributed by atoms with van der Waals surface area (Å²) in [4.78, 5) is 27.7. The highest BCUT2D eigenvalue weighted by Gasteiger charge is 2.49. The SMILES string of the molecule is Cc1ccc(C)c(/C(O)=C2\C(=O)C(=O)N(c3nnc(SCc4ccccc4)s3)C2c2ccco2)c1. The number of aliphatic hydroxyl groups excluding tert-OH is 1. The van der Waals surface area contributed by atoms with Crippen LogP contribution in [-0.4, -0.2) is 27.0 Å². The lowest BCUT2D eigenvalue weighted by Gasteiger charge is -2.20. The number of furan rings is 1. The van der Waals surface area contributed by atoms with E-state index in [0.29, 0.717) is 21.4 Å². The van der Waals surface area contributed by atoms with Crippen molar-refractivity contribution < 1.29 is 19.1 Å². The molecule has 1 aliphatic heterocycles. The molecule has 7 nitrogen and oxygen atoms in total. The molecule has 0 radical (unpaired) electrons. The van der Waals surface area contributed by atoms with E-state index in [9.17, 15) is 14.7 Å². The molecule has 0 bridgehead atoms. The number of amides is 1. The van der Waals surface area contributed by atoms with Crippen LogP contribution < -0.4 is 4.90 Å². The minimum absolute atomic E-state index is 0.0349. The fourth-order valence-corrected chi connectivity index (χ4v) is 5.78. The third-order valence-corrected chi connectivity index (χ3v) is 7.84. The zero-order valence-corrected chi connectivity index (χ0v) is 20.6. The highest BCUT2D eigenvalue weighted by atomic mass is 32.2. The Morgan fingerprint density at radius 3 is 2.63 bits per heavy atom. The molecule has 4 aromatic rings. The molecule has 0 spiro atoms. The van der Waals surface area contributed by atoms with Gasteiger partial charge in [-0.1, -0.05) is 71.1 Å². The van der Waals surface area contributed by atoms with Gasteiger partial charge in [0.1, 0.15) is 17.6 Å². The van der Waals surface area contributed by atoms with E-state index >= 15 is 0 Å². The first kappa shape index (κ1) is 23.1. The Bertz CT molecular complexity index is 1430. The van der Waals surface area contributed by atoms with Crippen LogP contribution in [-0.2, 0) is 15.3 Å². The molecule has 1 saturated heterocycles. The number of hydrogen-bond donors (Lipinski definition) is 1. The predicted octanol–water partition coefficient (Wildman–Crippen LogP) is 5.67. The Labute approximate surface area is 210 Å². The van der Waals surface area contributed by atoms with Gasteiger partial charge in [-0.25, -0.2) is 0 Å². The zero-order valence-electron chi connectivity index (χ0n) is 19.0. The van der Waals surface area contributed by atoms with Crippen molar-refractivity contribution in [3.05, 3.63) is 101 Å². The average molecular weight is 504 g/mol. The van der Waals surface area contributed by atoms with Gasteiger partial charge in [-0.3, -0.25) is 14.5 Å². The second-order valence-corrected chi connectivity index (χ2v) is 10.3. The van der Waals surface area contributed by atoms with Crippen molar-refractivity contribution in [2.24, 2.45) is 0 Å². The molecule has 1 atom stereocenters. The number of Topliss-reactive ketones (excluding diaryl/α,β-unsaturated/α-hetero) is 1. The largest absolute Gasteiger partial charge is 0.507 e. The molecular weight excluding hydrogens is 482 g/mol. The summed E-state index contributed by atoms with van der Waals surface area (Å²) in [5.41, 5.74) is 3.31. The third-order valence-electron chi connectivity index (χ3n) is 5.71. The summed E-state index contributed by atoms with van der Waals surface area (Å²) in [5, 5.41) is 20.0. The maximum Gasteiger partial charge on any atom is 0.302 e. The van der Waals surface area contributed by atoms with Crippen LogP contribution in [0.2, 0.25) is 0 Å². The lowest BCUT2D eigenvalue weighted by Crippen LogP contribution is -2.29. The number of ketones is 1. The highest BCUT2D eigenvalue weighted by Crippen LogP contribution is 2.44. The standard InChI is InChI=1S/C26H21N3O4S2/c1-15-10-11-16(2)18(13-15)22(30)20-21(19-9-6-12-33-19)29(24(32)23(20)31)25-27-28-26(35-25)34-14-17-7-4-3-5-8-17/h3-13,21,30H,14H2,1-2H3/b22-20+. The van der Waals surface area contributed by atoms with Gasteiger partial charge in [0, 0.05) is 11.3 Å². The van der Waals surface area contributed by atoms with E-state index in [1.54, 1.807) is 18.2 Å². The van der Waals surface area contributed by atoms with Gasteiger partial charge in [0.25, 0.3) is 5.78 Å². The lowest BCUT2D eigenvalue weighted by atomic mass is 9.96. The number of aliphatic hydroxyl groups is 1. The van der Waals surface area contributed by atoms with Gasteiger partial charge in [-0.05, 0) is 43.2 Å². The van der Waals surface area contributed by atoms with Gasteiger partial charge >= 0.3 is 5.91 Å². The molecule has 0 aliphatic carbocycles. The quantitative estimate of drug-likeness (QED) is 0.119. The number of hydrogen-bond acceptors (Lipinski definition) is 8. The molecule has 1 unspecified atom stereocenters. The van der Waals surface area contributed by atoms with Gasteiger partial charge in [-0.2, -0.15) is 0 Å².